The Labute approximate surface area is 118 Å². The van der Waals surface area contributed by atoms with Crippen molar-refractivity contribution >= 4 is 21.6 Å². The van der Waals surface area contributed by atoms with Crippen LogP contribution in [0.3, 0.4) is 0 Å². The van der Waals surface area contributed by atoms with Crippen molar-refractivity contribution in [3.8, 4) is 5.19 Å². The molecule has 102 valence electrons. The van der Waals surface area contributed by atoms with Crippen LogP contribution in [0.5, 0.6) is 5.19 Å². The molecule has 1 fully saturated rings. The lowest BCUT2D eigenvalue weighted by Gasteiger charge is -2.22. The van der Waals surface area contributed by atoms with Crippen LogP contribution in [0.1, 0.15) is 25.7 Å². The number of piperidine rings is 1. The summed E-state index contributed by atoms with van der Waals surface area (Å²) >= 11 is 1.64. The number of thiazole rings is 1. The third-order valence-corrected chi connectivity index (χ3v) is 4.60. The second kappa shape index (κ2) is 6.35. The monoisotopic (exact) mass is 276 g/mol. The summed E-state index contributed by atoms with van der Waals surface area (Å²) < 4.78 is 6.97. The van der Waals surface area contributed by atoms with E-state index in [-0.39, 0.29) is 0 Å². The zero-order valence-corrected chi connectivity index (χ0v) is 11.9. The van der Waals surface area contributed by atoms with Gasteiger partial charge in [0.25, 0.3) is 5.19 Å². The van der Waals surface area contributed by atoms with Crippen LogP contribution in [0.15, 0.2) is 24.3 Å². The van der Waals surface area contributed by atoms with Gasteiger partial charge in [0.05, 0.1) is 16.8 Å². The second-order valence-corrected chi connectivity index (χ2v) is 6.14. The van der Waals surface area contributed by atoms with E-state index in [4.69, 9.17) is 4.74 Å². The molecule has 1 N–H and O–H groups in total. The molecule has 0 radical (unpaired) electrons. The standard InChI is InChI=1S/C15H20N2OS/c1-2-8-14-13(7-1)17-15(19-14)18-10-4-6-12-5-3-9-16-11-12/h1-2,7-8,12,16H,3-6,9-11H2/t12-/m1/s1. The molecule has 1 atom stereocenters. The van der Waals surface area contributed by atoms with E-state index in [0.29, 0.717) is 0 Å². The van der Waals surface area contributed by atoms with E-state index in [0.717, 1.165) is 29.7 Å². The number of hydrogen-bond donors (Lipinski definition) is 1. The summed E-state index contributed by atoms with van der Waals surface area (Å²) in [5.41, 5.74) is 1.04. The Morgan fingerprint density at radius 1 is 1.37 bits per heavy atom. The second-order valence-electron chi connectivity index (χ2n) is 5.15. The van der Waals surface area contributed by atoms with Crippen molar-refractivity contribution in [3.05, 3.63) is 24.3 Å². The van der Waals surface area contributed by atoms with E-state index in [1.807, 2.05) is 18.2 Å². The molecule has 2 aromatic rings. The highest BCUT2D eigenvalue weighted by atomic mass is 32.1. The number of fused-ring (bicyclic) bond motifs is 1. The van der Waals surface area contributed by atoms with Gasteiger partial charge < -0.3 is 10.1 Å². The van der Waals surface area contributed by atoms with Gasteiger partial charge in [0, 0.05) is 0 Å². The van der Waals surface area contributed by atoms with Gasteiger partial charge in [-0.3, -0.25) is 0 Å². The first-order valence-corrected chi connectivity index (χ1v) is 7.92. The van der Waals surface area contributed by atoms with Gasteiger partial charge in [-0.2, -0.15) is 0 Å². The zero-order chi connectivity index (χ0) is 12.9. The van der Waals surface area contributed by atoms with Gasteiger partial charge in [0.1, 0.15) is 0 Å². The summed E-state index contributed by atoms with van der Waals surface area (Å²) in [6, 6.07) is 8.18. The van der Waals surface area contributed by atoms with Crippen molar-refractivity contribution in [3.63, 3.8) is 0 Å². The van der Waals surface area contributed by atoms with Gasteiger partial charge in [0.15, 0.2) is 0 Å². The first-order chi connectivity index (χ1) is 9.42. The number of benzene rings is 1. The van der Waals surface area contributed by atoms with Gasteiger partial charge in [-0.15, -0.1) is 0 Å². The molecule has 0 saturated carbocycles. The summed E-state index contributed by atoms with van der Waals surface area (Å²) in [5, 5.41) is 4.27. The maximum Gasteiger partial charge on any atom is 0.274 e. The molecule has 3 nitrogen and oxygen atoms in total. The number of aromatic nitrogens is 1. The van der Waals surface area contributed by atoms with Crippen molar-refractivity contribution < 1.29 is 4.74 Å². The highest BCUT2D eigenvalue weighted by Gasteiger charge is 2.12. The fourth-order valence-corrected chi connectivity index (χ4v) is 3.45. The van der Waals surface area contributed by atoms with E-state index < -0.39 is 0 Å². The third-order valence-electron chi connectivity index (χ3n) is 3.66. The molecule has 1 aliphatic heterocycles. The van der Waals surface area contributed by atoms with Crippen molar-refractivity contribution in [2.45, 2.75) is 25.7 Å². The number of para-hydroxylation sites is 1. The number of hydrogen-bond acceptors (Lipinski definition) is 4. The average Bonchev–Trinajstić information content (AvgIpc) is 2.87. The quantitative estimate of drug-likeness (QED) is 0.849. The summed E-state index contributed by atoms with van der Waals surface area (Å²) in [4.78, 5) is 4.48. The molecule has 4 heteroatoms. The molecule has 19 heavy (non-hydrogen) atoms. The Morgan fingerprint density at radius 2 is 2.32 bits per heavy atom. The molecule has 1 aromatic carbocycles. The van der Waals surface area contributed by atoms with Crippen molar-refractivity contribution in [2.24, 2.45) is 5.92 Å². The van der Waals surface area contributed by atoms with Crippen LogP contribution >= 0.6 is 11.3 Å². The summed E-state index contributed by atoms with van der Waals surface area (Å²) in [7, 11) is 0. The molecular weight excluding hydrogens is 256 g/mol. The largest absolute Gasteiger partial charge is 0.470 e. The van der Waals surface area contributed by atoms with E-state index in [2.05, 4.69) is 16.4 Å². The molecule has 1 aliphatic rings. The average molecular weight is 276 g/mol. The maximum absolute atomic E-state index is 5.77. The fourth-order valence-electron chi connectivity index (χ4n) is 2.61. The van der Waals surface area contributed by atoms with Crippen LogP contribution in [0.25, 0.3) is 10.2 Å². The van der Waals surface area contributed by atoms with Crippen LogP contribution in [-0.4, -0.2) is 24.7 Å². The van der Waals surface area contributed by atoms with E-state index in [9.17, 15) is 0 Å². The molecule has 3 rings (SSSR count). The number of ether oxygens (including phenoxy) is 1. The zero-order valence-electron chi connectivity index (χ0n) is 11.1. The Balaban J connectivity index is 1.44. The molecule has 0 aliphatic carbocycles. The van der Waals surface area contributed by atoms with Crippen LogP contribution < -0.4 is 10.1 Å². The van der Waals surface area contributed by atoms with E-state index in [1.54, 1.807) is 11.3 Å². The van der Waals surface area contributed by atoms with Gasteiger partial charge in [-0.1, -0.05) is 23.5 Å². The SMILES string of the molecule is c1ccc2sc(OCCC[C@H]3CCCNC3)nc2c1. The first kappa shape index (κ1) is 12.9. The van der Waals surface area contributed by atoms with Crippen LogP contribution in [0, 0.1) is 5.92 Å². The van der Waals surface area contributed by atoms with Crippen LogP contribution in [0.4, 0.5) is 0 Å². The van der Waals surface area contributed by atoms with Crippen molar-refractivity contribution in [1.82, 2.24) is 10.3 Å². The minimum Gasteiger partial charge on any atom is -0.470 e. The predicted octanol–water partition coefficient (Wildman–Crippen LogP) is 3.45. The fraction of sp³-hybridized carbons (Fsp3) is 0.533. The topological polar surface area (TPSA) is 34.1 Å². The number of nitrogens with one attached hydrogen (secondary N) is 1. The highest BCUT2D eigenvalue weighted by Crippen LogP contribution is 2.27. The van der Waals surface area contributed by atoms with E-state index >= 15 is 0 Å². The first-order valence-electron chi connectivity index (χ1n) is 7.11. The predicted molar refractivity (Wildman–Crippen MR) is 79.9 cm³/mol. The molecular formula is C15H20N2OS. The molecule has 0 unspecified atom stereocenters. The van der Waals surface area contributed by atoms with E-state index in [1.165, 1.54) is 37.1 Å². The Hall–Kier alpha value is -1.13. The molecule has 1 aromatic heterocycles. The Morgan fingerprint density at radius 3 is 3.16 bits per heavy atom. The normalized spacial score (nSPS) is 19.7. The molecule has 2 heterocycles. The van der Waals surface area contributed by atoms with Crippen molar-refractivity contribution in [1.29, 1.82) is 0 Å². The van der Waals surface area contributed by atoms with Gasteiger partial charge in [0.2, 0.25) is 0 Å². The Bertz CT molecular complexity index is 487. The third kappa shape index (κ3) is 3.45. The van der Waals surface area contributed by atoms with Gasteiger partial charge in [-0.05, 0) is 56.8 Å². The number of nitrogens with zero attached hydrogens (tertiary/aromatic N) is 1. The lowest BCUT2D eigenvalue weighted by molar-refractivity contribution is 0.275. The van der Waals surface area contributed by atoms with Crippen molar-refractivity contribution in [2.75, 3.05) is 19.7 Å². The maximum atomic E-state index is 5.77. The molecule has 0 amide bonds. The summed E-state index contributed by atoms with van der Waals surface area (Å²) in [6.07, 6.45) is 5.08. The van der Waals surface area contributed by atoms with Crippen LogP contribution in [-0.2, 0) is 0 Å². The minimum absolute atomic E-state index is 0.788. The summed E-state index contributed by atoms with van der Waals surface area (Å²) in [6.45, 7) is 3.16. The number of rotatable bonds is 5. The molecule has 0 bridgehead atoms. The molecule has 0 spiro atoms. The van der Waals surface area contributed by atoms with Gasteiger partial charge >= 0.3 is 0 Å². The Kier molecular flexibility index (Phi) is 4.30. The molecule has 1 saturated heterocycles. The lowest BCUT2D eigenvalue weighted by Crippen LogP contribution is -2.29. The van der Waals surface area contributed by atoms with Crippen LogP contribution in [0.2, 0.25) is 0 Å². The highest BCUT2D eigenvalue weighted by molar-refractivity contribution is 7.20. The smallest absolute Gasteiger partial charge is 0.274 e. The minimum atomic E-state index is 0.788. The summed E-state index contributed by atoms with van der Waals surface area (Å²) in [5.74, 6) is 0.840. The lowest BCUT2D eigenvalue weighted by atomic mass is 9.95. The van der Waals surface area contributed by atoms with Gasteiger partial charge in [-0.25, -0.2) is 4.98 Å².